The lowest BCUT2D eigenvalue weighted by atomic mass is 10.0. The van der Waals surface area contributed by atoms with Crippen LogP contribution in [0.15, 0.2) is 91.7 Å². The second kappa shape index (κ2) is 10.2. The van der Waals surface area contributed by atoms with Gasteiger partial charge in [0, 0.05) is 18.8 Å². The van der Waals surface area contributed by atoms with E-state index in [9.17, 15) is 4.79 Å². The predicted octanol–water partition coefficient (Wildman–Crippen LogP) is 4.42. The summed E-state index contributed by atoms with van der Waals surface area (Å²) in [4.78, 5) is 20.4. The van der Waals surface area contributed by atoms with Gasteiger partial charge in [-0.2, -0.15) is 0 Å². The van der Waals surface area contributed by atoms with Gasteiger partial charge in [-0.15, -0.1) is 0 Å². The molecule has 1 aliphatic heterocycles. The Morgan fingerprint density at radius 1 is 1.03 bits per heavy atom. The van der Waals surface area contributed by atoms with E-state index in [0.717, 1.165) is 46.5 Å². The summed E-state index contributed by atoms with van der Waals surface area (Å²) < 4.78 is 10.6. The van der Waals surface area contributed by atoms with Gasteiger partial charge in [-0.1, -0.05) is 36.9 Å². The van der Waals surface area contributed by atoms with Crippen LogP contribution >= 0.6 is 0 Å². The average molecular weight is 425 g/mol. The van der Waals surface area contributed by atoms with E-state index in [1.54, 1.807) is 6.20 Å². The summed E-state index contributed by atoms with van der Waals surface area (Å²) in [6.07, 6.45) is 9.01. The second-order valence-electron chi connectivity index (χ2n) is 6.98. The van der Waals surface area contributed by atoms with Crippen molar-refractivity contribution in [2.75, 3.05) is 19.8 Å². The Bertz CT molecular complexity index is 1150. The molecule has 0 spiro atoms. The van der Waals surface area contributed by atoms with Gasteiger partial charge < -0.3 is 14.8 Å². The maximum atomic E-state index is 11.1. The average Bonchev–Trinajstić information content (AvgIpc) is 2.87. The van der Waals surface area contributed by atoms with Gasteiger partial charge in [0.25, 0.3) is 0 Å². The minimum atomic E-state index is -0.459. The fraction of sp³-hybridized carbons (Fsp3) is 0.115. The topological polar surface area (TPSA) is 73.3 Å². The number of hydrogen-bond donors (Lipinski definition) is 1. The number of allylic oxidation sites excluding steroid dienone is 2. The zero-order chi connectivity index (χ0) is 22.2. The van der Waals surface area contributed by atoms with Gasteiger partial charge in [-0.25, -0.2) is 9.78 Å². The number of carbonyl (C=O) groups is 1. The molecule has 0 bridgehead atoms. The molecule has 160 valence electrons. The number of carbonyl (C=O) groups excluding carboxylic acids is 1. The third kappa shape index (κ3) is 5.29. The first kappa shape index (κ1) is 21.1. The number of esters is 1. The predicted molar refractivity (Wildman–Crippen MR) is 125 cm³/mol. The summed E-state index contributed by atoms with van der Waals surface area (Å²) in [7, 11) is 0. The number of ether oxygens (including phenoxy) is 2. The molecule has 0 amide bonds. The first-order valence-electron chi connectivity index (χ1n) is 10.3. The van der Waals surface area contributed by atoms with Crippen LogP contribution in [-0.2, 0) is 9.53 Å². The molecule has 0 saturated carbocycles. The monoisotopic (exact) mass is 425 g/mol. The zero-order valence-corrected chi connectivity index (χ0v) is 17.5. The number of dihydropyridines is 1. The fourth-order valence-electron chi connectivity index (χ4n) is 3.22. The number of aromatic nitrogens is 2. The van der Waals surface area contributed by atoms with E-state index in [1.165, 1.54) is 0 Å². The molecule has 0 aliphatic carbocycles. The smallest absolute Gasteiger partial charge is 0.330 e. The fourth-order valence-corrected chi connectivity index (χ4v) is 3.22. The highest BCUT2D eigenvalue weighted by atomic mass is 16.6. The molecule has 2 aromatic heterocycles. The number of rotatable bonds is 8. The minimum Gasteiger partial charge on any atom is -0.490 e. The first-order valence-corrected chi connectivity index (χ1v) is 10.3. The Labute approximate surface area is 186 Å². The number of hydrogen-bond acceptors (Lipinski definition) is 6. The van der Waals surface area contributed by atoms with Crippen LogP contribution in [0.5, 0.6) is 5.75 Å². The SMILES string of the molecule is C=CC(=O)OCCOc1ccc(-c2cc(C3=CC=CCN3)nc(-c3ccccn3)c2)cc1. The molecule has 0 atom stereocenters. The van der Waals surface area contributed by atoms with Crippen molar-refractivity contribution in [3.05, 3.63) is 97.4 Å². The molecule has 1 aliphatic rings. The first-order chi connectivity index (χ1) is 15.7. The molecule has 32 heavy (non-hydrogen) atoms. The molecule has 3 heterocycles. The Hall–Kier alpha value is -4.19. The van der Waals surface area contributed by atoms with Crippen molar-refractivity contribution in [2.24, 2.45) is 0 Å². The van der Waals surface area contributed by atoms with Crippen LogP contribution in [-0.4, -0.2) is 35.7 Å². The molecule has 1 N–H and O–H groups in total. The van der Waals surface area contributed by atoms with Gasteiger partial charge >= 0.3 is 5.97 Å². The van der Waals surface area contributed by atoms with E-state index in [0.29, 0.717) is 5.75 Å². The molecule has 3 aromatic rings. The molecular weight excluding hydrogens is 402 g/mol. The second-order valence-corrected chi connectivity index (χ2v) is 6.98. The molecule has 0 radical (unpaired) electrons. The summed E-state index contributed by atoms with van der Waals surface area (Å²) in [6, 6.07) is 17.7. The van der Waals surface area contributed by atoms with Gasteiger partial charge in [0.15, 0.2) is 0 Å². The molecule has 0 fully saturated rings. The third-order valence-corrected chi connectivity index (χ3v) is 4.79. The summed E-state index contributed by atoms with van der Waals surface area (Å²) >= 11 is 0. The van der Waals surface area contributed by atoms with E-state index >= 15 is 0 Å². The van der Waals surface area contributed by atoms with Crippen molar-refractivity contribution in [1.82, 2.24) is 15.3 Å². The van der Waals surface area contributed by atoms with Crippen molar-refractivity contribution in [3.8, 4) is 28.3 Å². The number of benzene rings is 1. The molecular formula is C26H23N3O3. The van der Waals surface area contributed by atoms with Crippen LogP contribution in [0.2, 0.25) is 0 Å². The molecule has 1 aromatic carbocycles. The highest BCUT2D eigenvalue weighted by molar-refractivity contribution is 5.81. The van der Waals surface area contributed by atoms with Gasteiger partial charge in [0.05, 0.1) is 22.8 Å². The zero-order valence-electron chi connectivity index (χ0n) is 17.5. The van der Waals surface area contributed by atoms with Crippen molar-refractivity contribution < 1.29 is 14.3 Å². The molecule has 6 nitrogen and oxygen atoms in total. The summed E-state index contributed by atoms with van der Waals surface area (Å²) in [5.74, 6) is 0.239. The van der Waals surface area contributed by atoms with Crippen molar-refractivity contribution in [2.45, 2.75) is 0 Å². The van der Waals surface area contributed by atoms with Crippen LogP contribution in [0.25, 0.3) is 28.2 Å². The summed E-state index contributed by atoms with van der Waals surface area (Å²) in [5.41, 5.74) is 5.51. The van der Waals surface area contributed by atoms with Crippen molar-refractivity contribution in [1.29, 1.82) is 0 Å². The highest BCUT2D eigenvalue weighted by Gasteiger charge is 2.12. The van der Waals surface area contributed by atoms with Crippen molar-refractivity contribution in [3.63, 3.8) is 0 Å². The summed E-state index contributed by atoms with van der Waals surface area (Å²) in [5, 5.41) is 3.37. The number of nitrogens with one attached hydrogen (secondary N) is 1. The minimum absolute atomic E-state index is 0.171. The molecule has 0 unspecified atom stereocenters. The van der Waals surface area contributed by atoms with Gasteiger partial charge in [-0.3, -0.25) is 4.98 Å². The van der Waals surface area contributed by atoms with E-state index in [2.05, 4.69) is 29.0 Å². The van der Waals surface area contributed by atoms with Gasteiger partial charge in [0.2, 0.25) is 0 Å². The van der Waals surface area contributed by atoms with E-state index < -0.39 is 5.97 Å². The Kier molecular flexibility index (Phi) is 6.72. The van der Waals surface area contributed by atoms with E-state index in [1.807, 2.05) is 60.7 Å². The van der Waals surface area contributed by atoms with Crippen LogP contribution < -0.4 is 10.1 Å². The van der Waals surface area contributed by atoms with Gasteiger partial charge in [-0.05, 0) is 53.6 Å². The molecule has 0 saturated heterocycles. The quantitative estimate of drug-likeness (QED) is 0.327. The molecule has 4 rings (SSSR count). The highest BCUT2D eigenvalue weighted by Crippen LogP contribution is 2.28. The Morgan fingerprint density at radius 3 is 2.59 bits per heavy atom. The van der Waals surface area contributed by atoms with Crippen LogP contribution in [0.4, 0.5) is 0 Å². The normalized spacial score (nSPS) is 12.4. The van der Waals surface area contributed by atoms with E-state index in [-0.39, 0.29) is 13.2 Å². The standard InChI is InChI=1S/C26H23N3O3/c1-2-26(30)32-16-15-31-21-11-9-19(10-12-21)20-17-24(22-7-3-5-13-27-22)29-25(18-20)23-8-4-6-14-28-23/h2-13,17-18,28H,1,14-16H2. The van der Waals surface area contributed by atoms with Crippen LogP contribution in [0.3, 0.4) is 0 Å². The van der Waals surface area contributed by atoms with Crippen LogP contribution in [0, 0.1) is 0 Å². The summed E-state index contributed by atoms with van der Waals surface area (Å²) in [6.45, 7) is 4.58. The van der Waals surface area contributed by atoms with Crippen LogP contribution in [0.1, 0.15) is 5.69 Å². The maximum absolute atomic E-state index is 11.1. The third-order valence-electron chi connectivity index (χ3n) is 4.79. The van der Waals surface area contributed by atoms with E-state index in [4.69, 9.17) is 14.5 Å². The molecule has 6 heteroatoms. The lowest BCUT2D eigenvalue weighted by molar-refractivity contribution is -0.138. The number of nitrogens with zero attached hydrogens (tertiary/aromatic N) is 2. The Balaban J connectivity index is 1.58. The Morgan fingerprint density at radius 2 is 1.88 bits per heavy atom. The lowest BCUT2D eigenvalue weighted by Gasteiger charge is -2.15. The van der Waals surface area contributed by atoms with Gasteiger partial charge in [0.1, 0.15) is 19.0 Å². The number of pyridine rings is 2. The maximum Gasteiger partial charge on any atom is 0.330 e. The largest absolute Gasteiger partial charge is 0.490 e. The lowest BCUT2D eigenvalue weighted by Crippen LogP contribution is -2.15. The van der Waals surface area contributed by atoms with Crippen molar-refractivity contribution >= 4 is 11.7 Å².